The lowest BCUT2D eigenvalue weighted by molar-refractivity contribution is -0.156. The molecule has 26 heavy (non-hydrogen) atoms. The molecule has 3 rings (SSSR count). The highest BCUT2D eigenvalue weighted by Gasteiger charge is 2.42. The van der Waals surface area contributed by atoms with Gasteiger partial charge in [0.25, 0.3) is 5.56 Å². The molecule has 0 spiro atoms. The summed E-state index contributed by atoms with van der Waals surface area (Å²) < 4.78 is 13.1. The summed E-state index contributed by atoms with van der Waals surface area (Å²) in [7, 11) is 0. The first-order chi connectivity index (χ1) is 12.3. The SMILES string of the molecule is CCC(OC(C)=O)[C@@H]1C[C@@H](SC)[C@H](n2c(=O)sc3c(=O)[nH]c(N)nc32)O1. The molecule has 1 fully saturated rings. The molecule has 3 N–H and O–H groups in total. The molecule has 142 valence electrons. The summed E-state index contributed by atoms with van der Waals surface area (Å²) in [5.74, 6) is -0.431. The minimum absolute atomic E-state index is 0.0533. The maximum atomic E-state index is 12.5. The Balaban J connectivity index is 2.02. The number of thiazole rings is 1. The van der Waals surface area contributed by atoms with Gasteiger partial charge < -0.3 is 15.2 Å². The van der Waals surface area contributed by atoms with Gasteiger partial charge in [0, 0.05) is 6.92 Å². The van der Waals surface area contributed by atoms with Crippen LogP contribution in [-0.4, -0.2) is 44.2 Å². The summed E-state index contributed by atoms with van der Waals surface area (Å²) in [5, 5.41) is -0.0533. The number of aromatic amines is 1. The number of nitrogens with one attached hydrogen (secondary N) is 1. The first-order valence-corrected chi connectivity index (χ1v) is 10.2. The van der Waals surface area contributed by atoms with Crippen LogP contribution < -0.4 is 16.2 Å². The predicted octanol–water partition coefficient (Wildman–Crippen LogP) is 1.09. The number of thioether (sulfide) groups is 1. The van der Waals surface area contributed by atoms with Gasteiger partial charge in [0.2, 0.25) is 5.95 Å². The molecule has 0 radical (unpaired) electrons. The second-order valence-corrected chi connectivity index (χ2v) is 8.01. The van der Waals surface area contributed by atoms with Gasteiger partial charge in [-0.15, -0.1) is 0 Å². The maximum Gasteiger partial charge on any atom is 0.311 e. The van der Waals surface area contributed by atoms with Crippen LogP contribution in [-0.2, 0) is 14.3 Å². The molecule has 0 aromatic carbocycles. The van der Waals surface area contributed by atoms with E-state index in [1.807, 2.05) is 13.2 Å². The number of H-pyrrole nitrogens is 1. The van der Waals surface area contributed by atoms with Gasteiger partial charge >= 0.3 is 10.8 Å². The van der Waals surface area contributed by atoms with Crippen LogP contribution in [0.4, 0.5) is 5.95 Å². The highest BCUT2D eigenvalue weighted by atomic mass is 32.2. The number of hydrogen-bond acceptors (Lipinski definition) is 9. The van der Waals surface area contributed by atoms with Crippen LogP contribution in [0.1, 0.15) is 32.9 Å². The third-order valence-electron chi connectivity index (χ3n) is 4.28. The smallest absolute Gasteiger partial charge is 0.311 e. The van der Waals surface area contributed by atoms with Crippen molar-refractivity contribution in [3.63, 3.8) is 0 Å². The summed E-state index contributed by atoms with van der Waals surface area (Å²) in [6, 6.07) is 0. The topological polar surface area (TPSA) is 129 Å². The van der Waals surface area contributed by atoms with E-state index in [1.54, 1.807) is 11.8 Å². The van der Waals surface area contributed by atoms with Crippen molar-refractivity contribution in [1.29, 1.82) is 0 Å². The van der Waals surface area contributed by atoms with Gasteiger partial charge in [0.05, 0.1) is 11.4 Å². The average Bonchev–Trinajstić information content (AvgIpc) is 3.12. The molecule has 4 atom stereocenters. The zero-order valence-electron chi connectivity index (χ0n) is 14.6. The van der Waals surface area contributed by atoms with E-state index in [-0.39, 0.29) is 38.5 Å². The number of carbonyl (C=O) groups excluding carboxylic acids is 1. The maximum absolute atomic E-state index is 12.5. The summed E-state index contributed by atoms with van der Waals surface area (Å²) >= 11 is 2.36. The third-order valence-corrected chi connectivity index (χ3v) is 6.25. The van der Waals surface area contributed by atoms with Crippen molar-refractivity contribution in [2.75, 3.05) is 12.0 Å². The zero-order chi connectivity index (χ0) is 19.0. The van der Waals surface area contributed by atoms with Crippen LogP contribution in [0.3, 0.4) is 0 Å². The Bertz CT molecular complexity index is 936. The monoisotopic (exact) mass is 400 g/mol. The van der Waals surface area contributed by atoms with Crippen LogP contribution in [0.5, 0.6) is 0 Å². The molecule has 11 heteroatoms. The van der Waals surface area contributed by atoms with E-state index in [9.17, 15) is 14.4 Å². The fourth-order valence-corrected chi connectivity index (χ4v) is 4.80. The fourth-order valence-electron chi connectivity index (χ4n) is 3.15. The van der Waals surface area contributed by atoms with E-state index in [2.05, 4.69) is 9.97 Å². The number of aromatic nitrogens is 3. The normalized spacial score (nSPS) is 24.0. The molecule has 3 heterocycles. The van der Waals surface area contributed by atoms with Crippen molar-refractivity contribution < 1.29 is 14.3 Å². The fraction of sp³-hybridized carbons (Fsp3) is 0.600. The van der Waals surface area contributed by atoms with E-state index in [4.69, 9.17) is 15.2 Å². The lowest BCUT2D eigenvalue weighted by Crippen LogP contribution is -2.31. The van der Waals surface area contributed by atoms with E-state index < -0.39 is 17.9 Å². The highest BCUT2D eigenvalue weighted by Crippen LogP contribution is 2.39. The van der Waals surface area contributed by atoms with Gasteiger partial charge in [-0.1, -0.05) is 18.3 Å². The number of carbonyl (C=O) groups is 1. The van der Waals surface area contributed by atoms with Gasteiger partial charge in [-0.25, -0.2) is 0 Å². The first kappa shape index (κ1) is 18.9. The second-order valence-electron chi connectivity index (χ2n) is 5.97. The number of fused-ring (bicyclic) bond motifs is 1. The molecule has 1 aliphatic rings. The van der Waals surface area contributed by atoms with Crippen molar-refractivity contribution >= 4 is 45.4 Å². The number of anilines is 1. The number of nitrogens with two attached hydrogens (primary N) is 1. The number of esters is 1. The van der Waals surface area contributed by atoms with Gasteiger partial charge in [0.15, 0.2) is 11.9 Å². The van der Waals surface area contributed by atoms with Crippen molar-refractivity contribution in [3.8, 4) is 0 Å². The summed E-state index contributed by atoms with van der Waals surface area (Å²) in [4.78, 5) is 42.1. The zero-order valence-corrected chi connectivity index (χ0v) is 16.2. The Morgan fingerprint density at radius 3 is 2.92 bits per heavy atom. The Hall–Kier alpha value is -1.85. The standard InChI is InChI=1S/C15H20N4O5S2/c1-4-7(23-6(2)20)8-5-9(25-3)13(24-8)19-11-10(26-15(19)22)12(21)18-14(16)17-11/h7-9,13H,4-5H2,1-3H3,(H3,16,17,18,21)/t7?,8-,9+,13+/m0/s1. The largest absolute Gasteiger partial charge is 0.460 e. The molecule has 0 aliphatic carbocycles. The third kappa shape index (κ3) is 3.38. The number of ether oxygens (including phenoxy) is 2. The molecule has 2 aromatic rings. The van der Waals surface area contributed by atoms with Crippen LogP contribution in [0.25, 0.3) is 10.3 Å². The summed E-state index contributed by atoms with van der Waals surface area (Å²) in [5.41, 5.74) is 5.40. The Labute approximate surface area is 156 Å². The van der Waals surface area contributed by atoms with Crippen molar-refractivity contribution in [1.82, 2.24) is 14.5 Å². The lowest BCUT2D eigenvalue weighted by atomic mass is 10.1. The number of hydrogen-bond donors (Lipinski definition) is 2. The average molecular weight is 400 g/mol. The van der Waals surface area contributed by atoms with Crippen molar-refractivity contribution in [3.05, 3.63) is 20.0 Å². The van der Waals surface area contributed by atoms with Gasteiger partial charge in [-0.2, -0.15) is 16.7 Å². The molecule has 1 aliphatic heterocycles. The molecular formula is C15H20N4O5S2. The van der Waals surface area contributed by atoms with E-state index >= 15 is 0 Å². The molecule has 9 nitrogen and oxygen atoms in total. The first-order valence-electron chi connectivity index (χ1n) is 8.12. The molecule has 0 amide bonds. The predicted molar refractivity (Wildman–Crippen MR) is 101 cm³/mol. The number of nitrogens with zero attached hydrogens (tertiary/aromatic N) is 2. The van der Waals surface area contributed by atoms with Crippen LogP contribution in [0.15, 0.2) is 9.59 Å². The second kappa shape index (κ2) is 7.41. The van der Waals surface area contributed by atoms with Crippen LogP contribution in [0, 0.1) is 0 Å². The summed E-state index contributed by atoms with van der Waals surface area (Å²) in [6.45, 7) is 3.27. The quantitative estimate of drug-likeness (QED) is 0.714. The van der Waals surface area contributed by atoms with E-state index in [0.29, 0.717) is 12.8 Å². The number of nitrogen functional groups attached to an aromatic ring is 1. The Morgan fingerprint density at radius 1 is 1.58 bits per heavy atom. The molecule has 1 unspecified atom stereocenters. The minimum Gasteiger partial charge on any atom is -0.460 e. The van der Waals surface area contributed by atoms with Crippen LogP contribution in [0.2, 0.25) is 0 Å². The minimum atomic E-state index is -0.616. The molecular weight excluding hydrogens is 380 g/mol. The number of rotatable bonds is 5. The Morgan fingerprint density at radius 2 is 2.31 bits per heavy atom. The molecule has 0 bridgehead atoms. The van der Waals surface area contributed by atoms with Crippen molar-refractivity contribution in [2.24, 2.45) is 0 Å². The summed E-state index contributed by atoms with van der Waals surface area (Å²) in [6.07, 6.45) is 1.78. The van der Waals surface area contributed by atoms with Gasteiger partial charge in [-0.05, 0) is 19.1 Å². The molecule has 0 saturated carbocycles. The lowest BCUT2D eigenvalue weighted by Gasteiger charge is -2.22. The van der Waals surface area contributed by atoms with E-state index in [1.165, 1.54) is 11.5 Å². The molecule has 1 saturated heterocycles. The Kier molecular flexibility index (Phi) is 5.39. The van der Waals surface area contributed by atoms with Crippen LogP contribution >= 0.6 is 23.1 Å². The highest BCUT2D eigenvalue weighted by molar-refractivity contribution is 7.99. The molecule has 2 aromatic heterocycles. The van der Waals surface area contributed by atoms with Gasteiger partial charge in [0.1, 0.15) is 10.8 Å². The van der Waals surface area contributed by atoms with E-state index in [0.717, 1.165) is 11.3 Å². The van der Waals surface area contributed by atoms with Crippen molar-refractivity contribution in [2.45, 2.75) is 50.4 Å². The van der Waals surface area contributed by atoms with Gasteiger partial charge in [-0.3, -0.25) is 23.9 Å².